The highest BCUT2D eigenvalue weighted by Gasteiger charge is 2.25. The van der Waals surface area contributed by atoms with Crippen molar-refractivity contribution < 1.29 is 13.3 Å². The predicted octanol–water partition coefficient (Wildman–Crippen LogP) is 1.55. The molecule has 0 atom stereocenters. The summed E-state index contributed by atoms with van der Waals surface area (Å²) in [5.74, 6) is 0. The Morgan fingerprint density at radius 2 is 1.87 bits per heavy atom. The Morgan fingerprint density at radius 3 is 2.27 bits per heavy atom. The minimum Gasteiger partial charge on any atom is -0.258 e. The molecule has 9 heteroatoms. The van der Waals surface area contributed by atoms with Gasteiger partial charge in [-0.05, 0) is 12.1 Å². The molecule has 0 saturated heterocycles. The molecule has 0 bridgehead atoms. The lowest BCUT2D eigenvalue weighted by Gasteiger charge is -2.03. The monoisotopic (exact) mass is 270 g/mol. The third-order valence-electron chi connectivity index (χ3n) is 1.52. The molecule has 1 rings (SSSR count). The molecule has 1 aromatic carbocycles. The SMILES string of the molecule is NS(=O)(=O)c1ccc(Cl)c([N+](=O)[O-])c1Cl. The van der Waals surface area contributed by atoms with Gasteiger partial charge in [0, 0.05) is 0 Å². The van der Waals surface area contributed by atoms with Gasteiger partial charge in [-0.1, -0.05) is 23.2 Å². The number of nitro groups is 1. The molecule has 1 aromatic rings. The van der Waals surface area contributed by atoms with E-state index in [2.05, 4.69) is 0 Å². The van der Waals surface area contributed by atoms with E-state index in [1.54, 1.807) is 0 Å². The van der Waals surface area contributed by atoms with Crippen molar-refractivity contribution >= 4 is 38.9 Å². The van der Waals surface area contributed by atoms with Crippen LogP contribution in [0.15, 0.2) is 17.0 Å². The maximum atomic E-state index is 11.0. The van der Waals surface area contributed by atoms with Crippen molar-refractivity contribution in [3.63, 3.8) is 0 Å². The van der Waals surface area contributed by atoms with Gasteiger partial charge in [-0.3, -0.25) is 10.1 Å². The third kappa shape index (κ3) is 2.37. The molecule has 0 unspecified atom stereocenters. The van der Waals surface area contributed by atoms with E-state index in [9.17, 15) is 18.5 Å². The number of hydrogen-bond acceptors (Lipinski definition) is 4. The van der Waals surface area contributed by atoms with Gasteiger partial charge in [-0.15, -0.1) is 0 Å². The Hall–Kier alpha value is -0.890. The van der Waals surface area contributed by atoms with Crippen molar-refractivity contribution in [3.05, 3.63) is 32.3 Å². The number of benzene rings is 1. The molecule has 0 radical (unpaired) electrons. The highest BCUT2D eigenvalue weighted by Crippen LogP contribution is 2.36. The molecule has 82 valence electrons. The summed E-state index contributed by atoms with van der Waals surface area (Å²) >= 11 is 11.0. The lowest BCUT2D eigenvalue weighted by Crippen LogP contribution is -2.13. The Labute approximate surface area is 94.8 Å². The summed E-state index contributed by atoms with van der Waals surface area (Å²) in [5, 5.41) is 14.5. The number of nitrogens with zero attached hydrogens (tertiary/aromatic N) is 1. The van der Waals surface area contributed by atoms with Crippen LogP contribution in [0.4, 0.5) is 5.69 Å². The number of nitro benzene ring substituents is 1. The van der Waals surface area contributed by atoms with E-state index in [1.807, 2.05) is 0 Å². The van der Waals surface area contributed by atoms with E-state index >= 15 is 0 Å². The van der Waals surface area contributed by atoms with Gasteiger partial charge in [0.1, 0.15) is 14.9 Å². The van der Waals surface area contributed by atoms with Crippen molar-refractivity contribution in [2.45, 2.75) is 4.90 Å². The Kier molecular flexibility index (Phi) is 3.19. The zero-order chi connectivity index (χ0) is 11.8. The zero-order valence-electron chi connectivity index (χ0n) is 6.98. The van der Waals surface area contributed by atoms with Crippen LogP contribution in [0.1, 0.15) is 0 Å². The van der Waals surface area contributed by atoms with Crippen molar-refractivity contribution in [1.29, 1.82) is 0 Å². The van der Waals surface area contributed by atoms with Gasteiger partial charge in [-0.25, -0.2) is 13.6 Å². The van der Waals surface area contributed by atoms with E-state index in [0.29, 0.717) is 0 Å². The van der Waals surface area contributed by atoms with Gasteiger partial charge in [0.2, 0.25) is 10.0 Å². The molecular formula is C6H4Cl2N2O4S. The molecular weight excluding hydrogens is 267 g/mol. The normalized spacial score (nSPS) is 11.4. The summed E-state index contributed by atoms with van der Waals surface area (Å²) in [6.07, 6.45) is 0. The number of hydrogen-bond donors (Lipinski definition) is 1. The number of nitrogens with two attached hydrogens (primary N) is 1. The first-order chi connectivity index (χ1) is 6.75. The molecule has 0 aliphatic carbocycles. The van der Waals surface area contributed by atoms with E-state index in [4.69, 9.17) is 28.3 Å². The molecule has 0 heterocycles. The quantitative estimate of drug-likeness (QED) is 0.650. The summed E-state index contributed by atoms with van der Waals surface area (Å²) in [4.78, 5) is 9.12. The number of sulfonamides is 1. The molecule has 6 nitrogen and oxygen atoms in total. The fourth-order valence-electron chi connectivity index (χ4n) is 0.910. The average Bonchev–Trinajstić information content (AvgIpc) is 2.00. The first-order valence-electron chi connectivity index (χ1n) is 3.40. The van der Waals surface area contributed by atoms with Gasteiger partial charge in [0.05, 0.1) is 4.92 Å². The molecule has 0 saturated carbocycles. The van der Waals surface area contributed by atoms with E-state index < -0.39 is 30.6 Å². The summed E-state index contributed by atoms with van der Waals surface area (Å²) in [7, 11) is -4.10. The van der Waals surface area contributed by atoms with Gasteiger partial charge in [-0.2, -0.15) is 0 Å². The first-order valence-corrected chi connectivity index (χ1v) is 5.70. The minimum absolute atomic E-state index is 0.252. The fourth-order valence-corrected chi connectivity index (χ4v) is 2.35. The smallest absolute Gasteiger partial charge is 0.258 e. The lowest BCUT2D eigenvalue weighted by molar-refractivity contribution is -0.384. The Bertz CT molecular complexity index is 528. The Morgan fingerprint density at radius 1 is 1.33 bits per heavy atom. The van der Waals surface area contributed by atoms with Crippen LogP contribution < -0.4 is 5.14 Å². The van der Waals surface area contributed by atoms with Crippen LogP contribution in [-0.4, -0.2) is 13.3 Å². The van der Waals surface area contributed by atoms with E-state index in [1.165, 1.54) is 0 Å². The molecule has 15 heavy (non-hydrogen) atoms. The molecule has 0 aromatic heterocycles. The van der Waals surface area contributed by atoms with Gasteiger partial charge in [0.25, 0.3) is 0 Å². The van der Waals surface area contributed by atoms with Crippen molar-refractivity contribution in [2.24, 2.45) is 5.14 Å². The van der Waals surface area contributed by atoms with Crippen LogP contribution in [0.5, 0.6) is 0 Å². The molecule has 0 spiro atoms. The highest BCUT2D eigenvalue weighted by molar-refractivity contribution is 7.89. The highest BCUT2D eigenvalue weighted by atomic mass is 35.5. The first kappa shape index (κ1) is 12.2. The Balaban J connectivity index is 3.64. The standard InChI is InChI=1S/C6H4Cl2N2O4S/c7-3-1-2-4(15(9,13)14)5(8)6(3)10(11)12/h1-2H,(H2,9,13,14). The van der Waals surface area contributed by atoms with Gasteiger partial charge in [0.15, 0.2) is 0 Å². The largest absolute Gasteiger partial charge is 0.307 e. The predicted molar refractivity (Wildman–Crippen MR) is 54.5 cm³/mol. The van der Waals surface area contributed by atoms with Crippen LogP contribution in [0.3, 0.4) is 0 Å². The average molecular weight is 271 g/mol. The summed E-state index contributed by atoms with van der Waals surface area (Å²) in [5.41, 5.74) is -0.676. The number of halogens is 2. The van der Waals surface area contributed by atoms with Crippen LogP contribution in [-0.2, 0) is 10.0 Å². The van der Waals surface area contributed by atoms with Crippen LogP contribution in [0.25, 0.3) is 0 Å². The number of rotatable bonds is 2. The van der Waals surface area contributed by atoms with Crippen LogP contribution in [0, 0.1) is 10.1 Å². The second kappa shape index (κ2) is 3.93. The van der Waals surface area contributed by atoms with Crippen LogP contribution in [0.2, 0.25) is 10.0 Å². The molecule has 0 aliphatic heterocycles. The van der Waals surface area contributed by atoms with Crippen molar-refractivity contribution in [1.82, 2.24) is 0 Å². The molecule has 0 fully saturated rings. The topological polar surface area (TPSA) is 103 Å². The summed E-state index contributed by atoms with van der Waals surface area (Å²) < 4.78 is 21.9. The summed E-state index contributed by atoms with van der Waals surface area (Å²) in [6, 6.07) is 2.05. The van der Waals surface area contributed by atoms with E-state index in [-0.39, 0.29) is 5.02 Å². The van der Waals surface area contributed by atoms with Gasteiger partial charge < -0.3 is 0 Å². The minimum atomic E-state index is -4.10. The maximum Gasteiger partial charge on any atom is 0.307 e. The second-order valence-electron chi connectivity index (χ2n) is 2.51. The summed E-state index contributed by atoms with van der Waals surface area (Å²) in [6.45, 7) is 0. The van der Waals surface area contributed by atoms with Crippen molar-refractivity contribution in [3.8, 4) is 0 Å². The van der Waals surface area contributed by atoms with E-state index in [0.717, 1.165) is 12.1 Å². The second-order valence-corrected chi connectivity index (χ2v) is 4.83. The fraction of sp³-hybridized carbons (Fsp3) is 0. The van der Waals surface area contributed by atoms with Gasteiger partial charge >= 0.3 is 5.69 Å². The molecule has 0 amide bonds. The zero-order valence-corrected chi connectivity index (χ0v) is 9.30. The lowest BCUT2D eigenvalue weighted by atomic mass is 10.3. The van der Waals surface area contributed by atoms with Crippen LogP contribution >= 0.6 is 23.2 Å². The molecule has 2 N–H and O–H groups in total. The maximum absolute atomic E-state index is 11.0. The number of primary sulfonamides is 1. The van der Waals surface area contributed by atoms with Crippen molar-refractivity contribution in [2.75, 3.05) is 0 Å². The molecule has 0 aliphatic rings. The third-order valence-corrected chi connectivity index (χ3v) is 3.27.